The Kier molecular flexibility index (Phi) is 5.21. The number of benzene rings is 2. The summed E-state index contributed by atoms with van der Waals surface area (Å²) >= 11 is 1.60. The highest BCUT2D eigenvalue weighted by molar-refractivity contribution is 7.09. The molecule has 1 N–H and O–H groups in total. The summed E-state index contributed by atoms with van der Waals surface area (Å²) in [7, 11) is 0. The van der Waals surface area contributed by atoms with Crippen molar-refractivity contribution >= 4 is 17.2 Å². The number of amides is 1. The third-order valence-electron chi connectivity index (χ3n) is 4.85. The van der Waals surface area contributed by atoms with Crippen LogP contribution in [0.4, 0.5) is 0 Å². The molecule has 0 saturated carbocycles. The highest BCUT2D eigenvalue weighted by Crippen LogP contribution is 2.30. The second-order valence-corrected chi connectivity index (χ2v) is 7.82. The lowest BCUT2D eigenvalue weighted by molar-refractivity contribution is 0.0928. The lowest BCUT2D eigenvalue weighted by Crippen LogP contribution is -2.31. The smallest absolute Gasteiger partial charge is 0.255 e. The molecule has 5 heteroatoms. The van der Waals surface area contributed by atoms with Gasteiger partial charge in [-0.15, -0.1) is 11.3 Å². The molecular weight excluding hydrogens is 356 g/mol. The van der Waals surface area contributed by atoms with Crippen molar-refractivity contribution in [2.24, 2.45) is 0 Å². The number of ether oxygens (including phenoxy) is 1. The van der Waals surface area contributed by atoms with Crippen LogP contribution in [-0.2, 0) is 13.0 Å². The van der Waals surface area contributed by atoms with Gasteiger partial charge in [0.15, 0.2) is 0 Å². The summed E-state index contributed by atoms with van der Waals surface area (Å²) in [5.41, 5.74) is 4.01. The number of carbonyl (C=O) groups excluding carboxylic acids is 1. The van der Waals surface area contributed by atoms with E-state index in [1.807, 2.05) is 42.6 Å². The van der Waals surface area contributed by atoms with E-state index in [0.717, 1.165) is 30.0 Å². The zero-order valence-electron chi connectivity index (χ0n) is 15.3. The maximum absolute atomic E-state index is 13.0. The molecular formula is C22H22N2O2S. The minimum atomic E-state index is -0.0956. The number of aryl methyl sites for hydroxylation is 2. The van der Waals surface area contributed by atoms with Crippen LogP contribution in [0.2, 0.25) is 0 Å². The predicted octanol–water partition coefficient (Wildman–Crippen LogP) is 4.84. The van der Waals surface area contributed by atoms with Gasteiger partial charge in [0.25, 0.3) is 5.91 Å². The second kappa shape index (κ2) is 7.92. The van der Waals surface area contributed by atoms with Crippen LogP contribution < -0.4 is 10.1 Å². The molecule has 0 unspecified atom stereocenters. The van der Waals surface area contributed by atoms with Crippen molar-refractivity contribution in [1.29, 1.82) is 0 Å². The van der Waals surface area contributed by atoms with Gasteiger partial charge in [0.05, 0.1) is 22.3 Å². The van der Waals surface area contributed by atoms with E-state index in [-0.39, 0.29) is 11.9 Å². The van der Waals surface area contributed by atoms with Crippen molar-refractivity contribution in [2.45, 2.75) is 38.8 Å². The Bertz CT molecular complexity index is 951. The fourth-order valence-corrected chi connectivity index (χ4v) is 4.14. The van der Waals surface area contributed by atoms with E-state index < -0.39 is 0 Å². The first-order valence-electron chi connectivity index (χ1n) is 9.22. The summed E-state index contributed by atoms with van der Waals surface area (Å²) < 4.78 is 5.90. The summed E-state index contributed by atoms with van der Waals surface area (Å²) in [5, 5.41) is 6.19. The largest absolute Gasteiger partial charge is 0.486 e. The number of carbonyl (C=O) groups is 1. The Morgan fingerprint density at radius 1 is 1.22 bits per heavy atom. The molecule has 2 aromatic carbocycles. The van der Waals surface area contributed by atoms with Crippen LogP contribution in [0.1, 0.15) is 51.1 Å². The topological polar surface area (TPSA) is 51.2 Å². The third-order valence-corrected chi connectivity index (χ3v) is 5.67. The minimum absolute atomic E-state index is 0.0525. The molecule has 3 aromatic rings. The Balaban J connectivity index is 1.49. The molecule has 0 radical (unpaired) electrons. The normalized spacial score (nSPS) is 15.8. The van der Waals surface area contributed by atoms with E-state index in [1.54, 1.807) is 11.3 Å². The number of nitrogens with zero attached hydrogens (tertiary/aromatic N) is 1. The molecule has 27 heavy (non-hydrogen) atoms. The molecule has 1 heterocycles. The van der Waals surface area contributed by atoms with Gasteiger partial charge in [-0.25, -0.2) is 4.98 Å². The summed E-state index contributed by atoms with van der Waals surface area (Å²) in [6.45, 7) is 2.33. The molecule has 4 nitrogen and oxygen atoms in total. The van der Waals surface area contributed by atoms with E-state index in [2.05, 4.69) is 28.5 Å². The van der Waals surface area contributed by atoms with Crippen molar-refractivity contribution in [3.63, 3.8) is 0 Å². The molecule has 1 aliphatic carbocycles. The van der Waals surface area contributed by atoms with Gasteiger partial charge in [0, 0.05) is 5.38 Å². The number of fused-ring (bicyclic) bond motifs is 1. The van der Waals surface area contributed by atoms with Gasteiger partial charge in [0.2, 0.25) is 0 Å². The van der Waals surface area contributed by atoms with Gasteiger partial charge in [0.1, 0.15) is 12.4 Å². The summed E-state index contributed by atoms with van der Waals surface area (Å²) in [6.07, 6.45) is 3.13. The number of rotatable bonds is 5. The molecule has 4 rings (SSSR count). The molecule has 1 amide bonds. The molecule has 1 aromatic heterocycles. The molecule has 0 aliphatic heterocycles. The first-order chi connectivity index (χ1) is 13.2. The first kappa shape index (κ1) is 17.7. The molecule has 0 saturated heterocycles. The highest BCUT2D eigenvalue weighted by atomic mass is 32.1. The average Bonchev–Trinajstić information content (AvgIpc) is 3.12. The zero-order valence-corrected chi connectivity index (χ0v) is 16.1. The number of para-hydroxylation sites is 1. The minimum Gasteiger partial charge on any atom is -0.486 e. The number of hydrogen-bond acceptors (Lipinski definition) is 4. The zero-order chi connectivity index (χ0) is 18.6. The van der Waals surface area contributed by atoms with Crippen molar-refractivity contribution in [3.8, 4) is 5.75 Å². The van der Waals surface area contributed by atoms with Gasteiger partial charge < -0.3 is 10.1 Å². The van der Waals surface area contributed by atoms with E-state index in [4.69, 9.17) is 4.74 Å². The number of nitrogens with one attached hydrogen (secondary N) is 1. The van der Waals surface area contributed by atoms with Gasteiger partial charge >= 0.3 is 0 Å². The van der Waals surface area contributed by atoms with Crippen LogP contribution >= 0.6 is 11.3 Å². The van der Waals surface area contributed by atoms with Crippen LogP contribution in [0.5, 0.6) is 5.75 Å². The van der Waals surface area contributed by atoms with Gasteiger partial charge in [-0.3, -0.25) is 4.79 Å². The Morgan fingerprint density at radius 3 is 2.89 bits per heavy atom. The van der Waals surface area contributed by atoms with Gasteiger partial charge in [-0.2, -0.15) is 0 Å². The van der Waals surface area contributed by atoms with Crippen molar-refractivity contribution in [3.05, 3.63) is 81.3 Å². The summed E-state index contributed by atoms with van der Waals surface area (Å²) in [5.74, 6) is 0.492. The van der Waals surface area contributed by atoms with Crippen molar-refractivity contribution in [2.75, 3.05) is 0 Å². The highest BCUT2D eigenvalue weighted by Gasteiger charge is 2.23. The maximum atomic E-state index is 13.0. The van der Waals surface area contributed by atoms with Gasteiger partial charge in [-0.05, 0) is 49.4 Å². The van der Waals surface area contributed by atoms with E-state index in [0.29, 0.717) is 17.9 Å². The predicted molar refractivity (Wildman–Crippen MR) is 107 cm³/mol. The second-order valence-electron chi connectivity index (χ2n) is 6.76. The van der Waals surface area contributed by atoms with Crippen molar-refractivity contribution in [1.82, 2.24) is 10.3 Å². The average molecular weight is 378 g/mol. The van der Waals surface area contributed by atoms with E-state index in [9.17, 15) is 4.79 Å². The van der Waals surface area contributed by atoms with Crippen LogP contribution in [0.25, 0.3) is 0 Å². The Labute approximate surface area is 163 Å². The molecule has 138 valence electrons. The van der Waals surface area contributed by atoms with Crippen LogP contribution in [-0.4, -0.2) is 10.9 Å². The number of thiazole rings is 1. The fourth-order valence-electron chi connectivity index (χ4n) is 3.55. The molecule has 1 aliphatic rings. The van der Waals surface area contributed by atoms with E-state index in [1.165, 1.54) is 11.1 Å². The fraction of sp³-hybridized carbons (Fsp3) is 0.273. The van der Waals surface area contributed by atoms with Crippen LogP contribution in [0.15, 0.2) is 53.9 Å². The maximum Gasteiger partial charge on any atom is 0.255 e. The van der Waals surface area contributed by atoms with E-state index >= 15 is 0 Å². The van der Waals surface area contributed by atoms with Crippen molar-refractivity contribution < 1.29 is 9.53 Å². The summed E-state index contributed by atoms with van der Waals surface area (Å²) in [6, 6.07) is 15.8. The quantitative estimate of drug-likeness (QED) is 0.691. The summed E-state index contributed by atoms with van der Waals surface area (Å²) in [4.78, 5) is 17.4. The molecule has 0 spiro atoms. The Hall–Kier alpha value is -2.66. The Morgan fingerprint density at radius 2 is 2.04 bits per heavy atom. The standard InChI is InChI=1S/C22H22N2O2S/c1-15-23-17(14-27-15)13-26-21-12-5-4-10-19(21)22(25)24-20-11-6-8-16-7-2-3-9-18(16)20/h2-5,7,9-10,12,14,20H,6,8,11,13H2,1H3,(H,24,25)/t20-/m0/s1. The molecule has 0 bridgehead atoms. The van der Waals surface area contributed by atoms with Crippen LogP contribution in [0, 0.1) is 6.92 Å². The monoisotopic (exact) mass is 378 g/mol. The third kappa shape index (κ3) is 4.03. The number of hydrogen-bond donors (Lipinski definition) is 1. The number of aromatic nitrogens is 1. The lowest BCUT2D eigenvalue weighted by Gasteiger charge is -2.26. The SMILES string of the molecule is Cc1nc(COc2ccccc2C(=O)N[C@H]2CCCc3ccccc32)cs1. The van der Waals surface area contributed by atoms with Crippen LogP contribution in [0.3, 0.4) is 0 Å². The van der Waals surface area contributed by atoms with Gasteiger partial charge in [-0.1, -0.05) is 36.4 Å². The molecule has 1 atom stereocenters. The first-order valence-corrected chi connectivity index (χ1v) is 10.1. The molecule has 0 fully saturated rings. The lowest BCUT2D eigenvalue weighted by atomic mass is 9.87.